The fraction of sp³-hybridized carbons (Fsp3) is 0.462. The number of hydrogen-bond acceptors (Lipinski definition) is 4. The maximum absolute atomic E-state index is 10.8. The molecule has 0 radical (unpaired) electrons. The van der Waals surface area contributed by atoms with Crippen LogP contribution in [0.25, 0.3) is 0 Å². The maximum Gasteiger partial charge on any atom is 0.335 e. The van der Waals surface area contributed by atoms with Gasteiger partial charge in [0.05, 0.1) is 5.56 Å². The molecule has 1 heterocycles. The van der Waals surface area contributed by atoms with Crippen LogP contribution in [0.3, 0.4) is 0 Å². The van der Waals surface area contributed by atoms with Crippen molar-refractivity contribution in [3.05, 3.63) is 29.8 Å². The quantitative estimate of drug-likeness (QED) is 0.770. The van der Waals surface area contributed by atoms with Crippen molar-refractivity contribution in [3.63, 3.8) is 0 Å². The van der Waals surface area contributed by atoms with Gasteiger partial charge < -0.3 is 15.2 Å². The third-order valence-corrected chi connectivity index (χ3v) is 3.98. The fourth-order valence-corrected chi connectivity index (χ4v) is 3.03. The van der Waals surface area contributed by atoms with E-state index in [1.807, 2.05) is 11.8 Å². The lowest BCUT2D eigenvalue weighted by atomic mass is 10.2. The molecule has 1 aromatic rings. The highest BCUT2D eigenvalue weighted by atomic mass is 32.2. The van der Waals surface area contributed by atoms with E-state index >= 15 is 0 Å². The van der Waals surface area contributed by atoms with Gasteiger partial charge in [0, 0.05) is 18.3 Å². The van der Waals surface area contributed by atoms with Crippen molar-refractivity contribution in [1.29, 1.82) is 0 Å². The molecule has 0 amide bonds. The largest absolute Gasteiger partial charge is 0.492 e. The molecule has 1 aliphatic rings. The second-order valence-electron chi connectivity index (χ2n) is 4.20. The molecule has 0 saturated carbocycles. The van der Waals surface area contributed by atoms with Crippen LogP contribution in [-0.2, 0) is 0 Å². The summed E-state index contributed by atoms with van der Waals surface area (Å²) in [6.45, 7) is 1.35. The van der Waals surface area contributed by atoms with Gasteiger partial charge >= 0.3 is 5.97 Å². The third kappa shape index (κ3) is 3.92. The summed E-state index contributed by atoms with van der Waals surface area (Å²) in [6.07, 6.45) is 1.22. The predicted octanol–water partition coefficient (Wildman–Crippen LogP) is 1.86. The van der Waals surface area contributed by atoms with Gasteiger partial charge in [0.25, 0.3) is 0 Å². The Labute approximate surface area is 111 Å². The van der Waals surface area contributed by atoms with Gasteiger partial charge in [-0.05, 0) is 30.4 Å². The van der Waals surface area contributed by atoms with Crippen LogP contribution in [0.2, 0.25) is 0 Å². The average molecular weight is 267 g/mol. The topological polar surface area (TPSA) is 58.6 Å². The first kappa shape index (κ1) is 13.2. The van der Waals surface area contributed by atoms with Crippen molar-refractivity contribution >= 4 is 17.7 Å². The Hall–Kier alpha value is -1.20. The zero-order valence-corrected chi connectivity index (χ0v) is 10.9. The van der Waals surface area contributed by atoms with Crippen molar-refractivity contribution in [1.82, 2.24) is 5.32 Å². The van der Waals surface area contributed by atoms with E-state index in [0.717, 1.165) is 6.54 Å². The lowest BCUT2D eigenvalue weighted by Crippen LogP contribution is -2.32. The van der Waals surface area contributed by atoms with E-state index in [-0.39, 0.29) is 5.56 Å². The Balaban J connectivity index is 1.72. The van der Waals surface area contributed by atoms with E-state index in [1.165, 1.54) is 17.9 Å². The molecule has 0 unspecified atom stereocenters. The first-order valence-corrected chi connectivity index (χ1v) is 7.18. The lowest BCUT2D eigenvalue weighted by molar-refractivity contribution is 0.0696. The molecule has 1 fully saturated rings. The fourth-order valence-electron chi connectivity index (χ4n) is 1.85. The Morgan fingerprint density at radius 1 is 1.56 bits per heavy atom. The molecule has 1 saturated heterocycles. The average Bonchev–Trinajstić information content (AvgIpc) is 2.88. The van der Waals surface area contributed by atoms with E-state index in [2.05, 4.69) is 5.32 Å². The Kier molecular flexibility index (Phi) is 4.90. The highest BCUT2D eigenvalue weighted by molar-refractivity contribution is 7.99. The van der Waals surface area contributed by atoms with Gasteiger partial charge in [0.15, 0.2) is 0 Å². The number of carbonyl (C=O) groups is 1. The van der Waals surface area contributed by atoms with E-state index in [0.29, 0.717) is 18.4 Å². The van der Waals surface area contributed by atoms with Gasteiger partial charge in [-0.25, -0.2) is 4.79 Å². The molecular formula is C13H17NO3S. The Morgan fingerprint density at radius 2 is 2.44 bits per heavy atom. The van der Waals surface area contributed by atoms with Crippen molar-refractivity contribution in [2.45, 2.75) is 12.5 Å². The summed E-state index contributed by atoms with van der Waals surface area (Å²) in [5, 5.41) is 12.3. The van der Waals surface area contributed by atoms with E-state index in [4.69, 9.17) is 9.84 Å². The standard InChI is InChI=1S/C13H17NO3S/c15-13(16)10-2-1-3-12(8-10)17-6-5-14-11-4-7-18-9-11/h1-3,8,11,14H,4-7,9H2,(H,15,16)/t11-/m0/s1. The van der Waals surface area contributed by atoms with Crippen LogP contribution in [0.15, 0.2) is 24.3 Å². The lowest BCUT2D eigenvalue weighted by Gasteiger charge is -2.12. The molecule has 0 aromatic heterocycles. The summed E-state index contributed by atoms with van der Waals surface area (Å²) in [4.78, 5) is 10.8. The van der Waals surface area contributed by atoms with Crippen molar-refractivity contribution in [2.24, 2.45) is 0 Å². The first-order chi connectivity index (χ1) is 8.75. The molecule has 0 bridgehead atoms. The minimum absolute atomic E-state index is 0.257. The van der Waals surface area contributed by atoms with Crippen molar-refractivity contribution in [3.8, 4) is 5.75 Å². The zero-order chi connectivity index (χ0) is 12.8. The number of benzene rings is 1. The smallest absolute Gasteiger partial charge is 0.335 e. The summed E-state index contributed by atoms with van der Waals surface area (Å²) in [5.74, 6) is 2.09. The first-order valence-electron chi connectivity index (χ1n) is 6.03. The number of thioether (sulfide) groups is 1. The second-order valence-corrected chi connectivity index (χ2v) is 5.35. The minimum atomic E-state index is -0.929. The van der Waals surface area contributed by atoms with Crippen LogP contribution in [0, 0.1) is 0 Å². The number of carboxylic acids is 1. The van der Waals surface area contributed by atoms with Gasteiger partial charge in [-0.2, -0.15) is 11.8 Å². The van der Waals surface area contributed by atoms with E-state index in [1.54, 1.807) is 24.3 Å². The number of nitrogens with one attached hydrogen (secondary N) is 1. The third-order valence-electron chi connectivity index (χ3n) is 2.81. The molecule has 5 heteroatoms. The summed E-state index contributed by atoms with van der Waals surface area (Å²) in [6, 6.07) is 7.18. The van der Waals surface area contributed by atoms with Gasteiger partial charge in [0.2, 0.25) is 0 Å². The highest BCUT2D eigenvalue weighted by Crippen LogP contribution is 2.17. The van der Waals surface area contributed by atoms with Crippen molar-refractivity contribution in [2.75, 3.05) is 24.7 Å². The van der Waals surface area contributed by atoms with Crippen LogP contribution < -0.4 is 10.1 Å². The van der Waals surface area contributed by atoms with Crippen LogP contribution in [-0.4, -0.2) is 41.8 Å². The molecule has 0 aliphatic carbocycles. The molecular weight excluding hydrogens is 250 g/mol. The minimum Gasteiger partial charge on any atom is -0.492 e. The zero-order valence-electron chi connectivity index (χ0n) is 10.1. The van der Waals surface area contributed by atoms with Gasteiger partial charge in [-0.15, -0.1) is 0 Å². The number of ether oxygens (including phenoxy) is 1. The molecule has 4 nitrogen and oxygen atoms in total. The van der Waals surface area contributed by atoms with Crippen LogP contribution in [0.5, 0.6) is 5.75 Å². The summed E-state index contributed by atoms with van der Waals surface area (Å²) < 4.78 is 5.52. The van der Waals surface area contributed by atoms with Crippen LogP contribution >= 0.6 is 11.8 Å². The Morgan fingerprint density at radius 3 is 3.17 bits per heavy atom. The normalized spacial score (nSPS) is 18.8. The monoisotopic (exact) mass is 267 g/mol. The second kappa shape index (κ2) is 6.66. The molecule has 0 spiro atoms. The van der Waals surface area contributed by atoms with E-state index in [9.17, 15) is 4.79 Å². The number of hydrogen-bond donors (Lipinski definition) is 2. The van der Waals surface area contributed by atoms with Gasteiger partial charge in [-0.3, -0.25) is 0 Å². The predicted molar refractivity (Wildman–Crippen MR) is 72.6 cm³/mol. The summed E-state index contributed by atoms with van der Waals surface area (Å²) in [7, 11) is 0. The number of carboxylic acid groups (broad SMARTS) is 1. The highest BCUT2D eigenvalue weighted by Gasteiger charge is 2.13. The molecule has 1 aliphatic heterocycles. The molecule has 1 aromatic carbocycles. The molecule has 1 atom stereocenters. The summed E-state index contributed by atoms with van der Waals surface area (Å²) in [5.41, 5.74) is 0.257. The Bertz CT molecular complexity index is 405. The molecule has 18 heavy (non-hydrogen) atoms. The number of rotatable bonds is 6. The van der Waals surface area contributed by atoms with Crippen molar-refractivity contribution < 1.29 is 14.6 Å². The maximum atomic E-state index is 10.8. The van der Waals surface area contributed by atoms with Crippen LogP contribution in [0.4, 0.5) is 0 Å². The summed E-state index contributed by atoms with van der Waals surface area (Å²) >= 11 is 1.97. The number of aromatic carboxylic acids is 1. The van der Waals surface area contributed by atoms with Gasteiger partial charge in [-0.1, -0.05) is 6.07 Å². The van der Waals surface area contributed by atoms with Crippen LogP contribution in [0.1, 0.15) is 16.8 Å². The SMILES string of the molecule is O=C(O)c1cccc(OCCN[C@H]2CCSC2)c1. The van der Waals surface area contributed by atoms with Gasteiger partial charge in [0.1, 0.15) is 12.4 Å². The van der Waals surface area contributed by atoms with E-state index < -0.39 is 5.97 Å². The molecule has 2 N–H and O–H groups in total. The molecule has 98 valence electrons. The molecule has 2 rings (SSSR count).